The Bertz CT molecular complexity index is 542. The Morgan fingerprint density at radius 2 is 1.65 bits per heavy atom. The van der Waals surface area contributed by atoms with Crippen molar-refractivity contribution in [3.63, 3.8) is 0 Å². The molecule has 3 aliphatic rings. The fraction of sp³-hybridized carbons (Fsp3) is 0.632. The number of hydrogen-bond acceptors (Lipinski definition) is 3. The minimum Gasteiger partial charge on any atom is -0.379 e. The van der Waals surface area contributed by atoms with Gasteiger partial charge in [0.2, 0.25) is 5.91 Å². The Kier molecular flexibility index (Phi) is 4.12. The molecule has 2 heterocycles. The molecule has 0 aromatic heterocycles. The molecule has 3 fully saturated rings. The second kappa shape index (κ2) is 6.25. The molecule has 0 bridgehead atoms. The van der Waals surface area contributed by atoms with E-state index < -0.39 is 0 Å². The van der Waals surface area contributed by atoms with E-state index in [1.807, 2.05) is 0 Å². The molecule has 0 N–H and O–H groups in total. The lowest BCUT2D eigenvalue weighted by Crippen LogP contribution is -2.57. The van der Waals surface area contributed by atoms with Crippen molar-refractivity contribution >= 4 is 5.91 Å². The molecular formula is C19H26N2O2. The number of benzene rings is 1. The van der Waals surface area contributed by atoms with Gasteiger partial charge in [-0.3, -0.25) is 9.69 Å². The standard InChI is InChI=1S/C19H26N2O2/c22-18(16-6-7-16)20-10-8-19(9-11-20,17-4-2-1-3-5-17)21-12-14-23-15-13-21/h1-5,16H,6-15H2. The Labute approximate surface area is 138 Å². The molecule has 1 amide bonds. The number of piperidine rings is 1. The SMILES string of the molecule is O=C(C1CC1)N1CCC(c2ccccc2)(N2CCOCC2)CC1. The first-order valence-corrected chi connectivity index (χ1v) is 8.97. The predicted octanol–water partition coefficient (Wildman–Crippen LogP) is 2.25. The lowest BCUT2D eigenvalue weighted by Gasteiger charge is -2.50. The number of nitrogens with zero attached hydrogens (tertiary/aromatic N) is 2. The number of ether oxygens (including phenoxy) is 1. The van der Waals surface area contributed by atoms with Crippen LogP contribution in [0.1, 0.15) is 31.2 Å². The Hall–Kier alpha value is -1.39. The van der Waals surface area contributed by atoms with Gasteiger partial charge in [-0.2, -0.15) is 0 Å². The van der Waals surface area contributed by atoms with Gasteiger partial charge in [0.05, 0.1) is 13.2 Å². The summed E-state index contributed by atoms with van der Waals surface area (Å²) in [7, 11) is 0. The summed E-state index contributed by atoms with van der Waals surface area (Å²) in [4.78, 5) is 17.1. The zero-order valence-corrected chi connectivity index (χ0v) is 13.7. The molecule has 1 aliphatic carbocycles. The number of morpholine rings is 1. The summed E-state index contributed by atoms with van der Waals surface area (Å²) in [6.45, 7) is 5.40. The topological polar surface area (TPSA) is 32.8 Å². The van der Waals surface area contributed by atoms with Crippen LogP contribution >= 0.6 is 0 Å². The van der Waals surface area contributed by atoms with Gasteiger partial charge < -0.3 is 9.64 Å². The highest BCUT2D eigenvalue weighted by Gasteiger charge is 2.44. The Morgan fingerprint density at radius 1 is 1.00 bits per heavy atom. The number of carbonyl (C=O) groups is 1. The van der Waals surface area contributed by atoms with Gasteiger partial charge in [-0.1, -0.05) is 30.3 Å². The molecule has 124 valence electrons. The Morgan fingerprint density at radius 3 is 2.26 bits per heavy atom. The van der Waals surface area contributed by atoms with Gasteiger partial charge in [-0.15, -0.1) is 0 Å². The molecule has 2 aliphatic heterocycles. The molecule has 23 heavy (non-hydrogen) atoms. The maximum absolute atomic E-state index is 12.4. The van der Waals surface area contributed by atoms with Crippen molar-refractivity contribution in [2.75, 3.05) is 39.4 Å². The van der Waals surface area contributed by atoms with Crippen LogP contribution in [0, 0.1) is 5.92 Å². The first-order chi connectivity index (χ1) is 11.3. The van der Waals surface area contributed by atoms with Crippen LogP contribution in [-0.2, 0) is 15.1 Å². The highest BCUT2D eigenvalue weighted by Crippen LogP contribution is 2.41. The Balaban J connectivity index is 1.56. The van der Waals surface area contributed by atoms with E-state index in [9.17, 15) is 4.79 Å². The molecule has 1 saturated carbocycles. The van der Waals surface area contributed by atoms with Crippen molar-refractivity contribution in [3.8, 4) is 0 Å². The average Bonchev–Trinajstić information content (AvgIpc) is 3.48. The zero-order chi connectivity index (χ0) is 15.7. The van der Waals surface area contributed by atoms with Crippen LogP contribution in [0.4, 0.5) is 0 Å². The lowest BCUT2D eigenvalue weighted by molar-refractivity contribution is -0.136. The maximum atomic E-state index is 12.4. The summed E-state index contributed by atoms with van der Waals surface area (Å²) in [5.41, 5.74) is 1.48. The van der Waals surface area contributed by atoms with Gasteiger partial charge >= 0.3 is 0 Å². The second-order valence-electron chi connectivity index (χ2n) is 7.10. The molecule has 4 heteroatoms. The highest BCUT2D eigenvalue weighted by atomic mass is 16.5. The molecule has 4 rings (SSSR count). The largest absolute Gasteiger partial charge is 0.379 e. The van der Waals surface area contributed by atoms with Crippen molar-refractivity contribution < 1.29 is 9.53 Å². The number of amides is 1. The highest BCUT2D eigenvalue weighted by molar-refractivity contribution is 5.81. The normalized spacial score (nSPS) is 25.3. The molecule has 1 aromatic rings. The third kappa shape index (κ3) is 2.90. The number of likely N-dealkylation sites (tertiary alicyclic amines) is 1. The fourth-order valence-electron chi connectivity index (χ4n) is 4.21. The van der Waals surface area contributed by atoms with E-state index in [4.69, 9.17) is 4.74 Å². The summed E-state index contributed by atoms with van der Waals surface area (Å²) in [6, 6.07) is 10.9. The van der Waals surface area contributed by atoms with Crippen LogP contribution < -0.4 is 0 Å². The van der Waals surface area contributed by atoms with Crippen molar-refractivity contribution in [2.24, 2.45) is 5.92 Å². The van der Waals surface area contributed by atoms with E-state index in [1.54, 1.807) is 0 Å². The first kappa shape index (κ1) is 15.2. The fourth-order valence-corrected chi connectivity index (χ4v) is 4.21. The molecule has 0 spiro atoms. The molecular weight excluding hydrogens is 288 g/mol. The third-order valence-electron chi connectivity index (χ3n) is 5.76. The van der Waals surface area contributed by atoms with Crippen molar-refractivity contribution in [1.82, 2.24) is 9.80 Å². The smallest absolute Gasteiger partial charge is 0.225 e. The minimum atomic E-state index is 0.0748. The van der Waals surface area contributed by atoms with E-state index in [-0.39, 0.29) is 5.54 Å². The number of carbonyl (C=O) groups excluding carboxylic acids is 1. The van der Waals surface area contributed by atoms with Gasteiger partial charge in [0, 0.05) is 37.6 Å². The second-order valence-corrected chi connectivity index (χ2v) is 7.10. The van der Waals surface area contributed by atoms with Crippen LogP contribution in [0.25, 0.3) is 0 Å². The summed E-state index contributed by atoms with van der Waals surface area (Å²) >= 11 is 0. The lowest BCUT2D eigenvalue weighted by atomic mass is 9.79. The summed E-state index contributed by atoms with van der Waals surface area (Å²) < 4.78 is 5.56. The summed E-state index contributed by atoms with van der Waals surface area (Å²) in [6.07, 6.45) is 4.27. The third-order valence-corrected chi connectivity index (χ3v) is 5.76. The number of rotatable bonds is 3. The van der Waals surface area contributed by atoms with Gasteiger partial charge in [0.1, 0.15) is 0 Å². The molecule has 4 nitrogen and oxygen atoms in total. The maximum Gasteiger partial charge on any atom is 0.225 e. The zero-order valence-electron chi connectivity index (χ0n) is 13.7. The number of hydrogen-bond donors (Lipinski definition) is 0. The van der Waals surface area contributed by atoms with Crippen molar-refractivity contribution in [1.29, 1.82) is 0 Å². The summed E-state index contributed by atoms with van der Waals surface area (Å²) in [5.74, 6) is 0.733. The van der Waals surface area contributed by atoms with Gasteiger partial charge in [0.15, 0.2) is 0 Å². The average molecular weight is 314 g/mol. The van der Waals surface area contributed by atoms with Crippen LogP contribution in [0.15, 0.2) is 30.3 Å². The van der Waals surface area contributed by atoms with Gasteiger partial charge in [0.25, 0.3) is 0 Å². The molecule has 0 atom stereocenters. The van der Waals surface area contributed by atoms with E-state index in [0.717, 1.165) is 65.1 Å². The monoisotopic (exact) mass is 314 g/mol. The van der Waals surface area contributed by atoms with Gasteiger partial charge in [-0.05, 0) is 31.2 Å². The molecule has 0 unspecified atom stereocenters. The predicted molar refractivity (Wildman–Crippen MR) is 89.1 cm³/mol. The van der Waals surface area contributed by atoms with E-state index in [2.05, 4.69) is 40.1 Å². The first-order valence-electron chi connectivity index (χ1n) is 8.97. The van der Waals surface area contributed by atoms with E-state index >= 15 is 0 Å². The summed E-state index contributed by atoms with van der Waals surface area (Å²) in [5, 5.41) is 0. The molecule has 1 aromatic carbocycles. The quantitative estimate of drug-likeness (QED) is 0.858. The van der Waals surface area contributed by atoms with Crippen LogP contribution in [-0.4, -0.2) is 55.1 Å². The van der Waals surface area contributed by atoms with Crippen LogP contribution in [0.5, 0.6) is 0 Å². The van der Waals surface area contributed by atoms with E-state index in [0.29, 0.717) is 11.8 Å². The van der Waals surface area contributed by atoms with Gasteiger partial charge in [-0.25, -0.2) is 0 Å². The van der Waals surface area contributed by atoms with Crippen molar-refractivity contribution in [2.45, 2.75) is 31.2 Å². The molecule has 2 saturated heterocycles. The van der Waals surface area contributed by atoms with Crippen LogP contribution in [0.3, 0.4) is 0 Å². The molecule has 0 radical (unpaired) electrons. The van der Waals surface area contributed by atoms with Crippen LogP contribution in [0.2, 0.25) is 0 Å². The minimum absolute atomic E-state index is 0.0748. The van der Waals surface area contributed by atoms with E-state index in [1.165, 1.54) is 5.56 Å². The van der Waals surface area contributed by atoms with Crippen molar-refractivity contribution in [3.05, 3.63) is 35.9 Å².